The van der Waals surface area contributed by atoms with Crippen LogP contribution in [0.1, 0.15) is 94.9 Å². The van der Waals surface area contributed by atoms with Gasteiger partial charge in [-0.1, -0.05) is 105 Å². The Bertz CT molecular complexity index is 1550. The maximum atomic E-state index is 11.5. The van der Waals surface area contributed by atoms with Crippen molar-refractivity contribution in [2.75, 3.05) is 6.61 Å². The molecule has 5 atom stereocenters. The Morgan fingerprint density at radius 1 is 0.854 bits per heavy atom. The average Bonchev–Trinajstić information content (AvgIpc) is 3.56. The van der Waals surface area contributed by atoms with Crippen LogP contribution < -0.4 is 0 Å². The van der Waals surface area contributed by atoms with Crippen LogP contribution in [0.3, 0.4) is 0 Å². The van der Waals surface area contributed by atoms with Gasteiger partial charge in [-0.25, -0.2) is 0 Å². The van der Waals surface area contributed by atoms with Crippen molar-refractivity contribution in [1.82, 2.24) is 0 Å². The molecule has 6 nitrogen and oxygen atoms in total. The van der Waals surface area contributed by atoms with E-state index in [2.05, 4.69) is 31.4 Å². The highest BCUT2D eigenvalue weighted by Gasteiger charge is 2.75. The van der Waals surface area contributed by atoms with Gasteiger partial charge in [-0.3, -0.25) is 4.79 Å². The van der Waals surface area contributed by atoms with E-state index in [0.29, 0.717) is 31.3 Å². The number of carbonyl (C=O) groups is 1. The summed E-state index contributed by atoms with van der Waals surface area (Å²) in [5, 5.41) is 31.2. The van der Waals surface area contributed by atoms with Crippen LogP contribution >= 0.6 is 0 Å². The van der Waals surface area contributed by atoms with E-state index >= 15 is 0 Å². The van der Waals surface area contributed by atoms with Crippen LogP contribution in [-0.2, 0) is 14.3 Å². The van der Waals surface area contributed by atoms with Crippen molar-refractivity contribution in [3.8, 4) is 11.8 Å². The molecule has 0 radical (unpaired) electrons. The monoisotopic (exact) mass is 656 g/mol. The van der Waals surface area contributed by atoms with E-state index in [-0.39, 0.29) is 35.6 Å². The fourth-order valence-electron chi connectivity index (χ4n) is 7.35. The summed E-state index contributed by atoms with van der Waals surface area (Å²) < 4.78 is 11.5. The molecule has 3 rings (SSSR count). The molecule has 3 fully saturated rings. The summed E-state index contributed by atoms with van der Waals surface area (Å²) in [6.45, 7) is 19.3. The van der Waals surface area contributed by atoms with E-state index in [1.54, 1.807) is 6.92 Å². The Hall–Kier alpha value is -3.43. The van der Waals surface area contributed by atoms with E-state index in [4.69, 9.17) is 9.47 Å². The molecular formula is C42H56O6. The van der Waals surface area contributed by atoms with Crippen LogP contribution in [-0.4, -0.2) is 56.9 Å². The summed E-state index contributed by atoms with van der Waals surface area (Å²) in [7, 11) is 0. The molecule has 3 N–H and O–H groups in total. The fraction of sp³-hybridized carbons (Fsp3) is 0.524. The molecule has 0 bridgehead atoms. The third kappa shape index (κ3) is 9.82. The minimum absolute atomic E-state index is 0.157. The first-order valence-electron chi connectivity index (χ1n) is 16.9. The number of hydrogen-bond donors (Lipinski definition) is 3. The molecule has 1 aliphatic heterocycles. The smallest absolute Gasteiger partial charge is 0.302 e. The van der Waals surface area contributed by atoms with Crippen molar-refractivity contribution >= 4 is 5.97 Å². The quantitative estimate of drug-likeness (QED) is 0.0773. The average molecular weight is 657 g/mol. The minimum atomic E-state index is -1.11. The first-order chi connectivity index (χ1) is 22.3. The third-order valence-corrected chi connectivity index (χ3v) is 9.53. The standard InChI is InChI=1S/C42H56O6/c1-30(17-13-18-32(3)21-22-37-38(5,6)27-36(47-33(4)44)28-40(37,9)46)15-11-12-16-31(2)19-14-20-34(29-43)23-24-42-39(7,8)25-35(45)26-41(42,10)48-42/h11-21,35-36,43,45-46H,25-29H2,1-10H3. The Labute approximate surface area is 288 Å². The highest BCUT2D eigenvalue weighted by Crippen LogP contribution is 2.65. The molecule has 1 saturated heterocycles. The lowest BCUT2D eigenvalue weighted by Crippen LogP contribution is -2.46. The Balaban J connectivity index is 1.58. The number of esters is 1. The molecule has 48 heavy (non-hydrogen) atoms. The SMILES string of the molecule is CC(=O)OC1CC(C)(C)C(=C=CC(C)=CC=CC(C)=CC=CC=C(C)C=CC=C(C#CC23OC2(C)CC(O)CC3(C)C)CO)C(C)(O)C1. The number of aliphatic hydroxyl groups is 3. The number of rotatable bonds is 9. The van der Waals surface area contributed by atoms with Gasteiger partial charge in [0.25, 0.3) is 0 Å². The maximum Gasteiger partial charge on any atom is 0.302 e. The van der Waals surface area contributed by atoms with Gasteiger partial charge < -0.3 is 24.8 Å². The second-order valence-electron chi connectivity index (χ2n) is 15.4. The highest BCUT2D eigenvalue weighted by atomic mass is 16.6. The number of hydrogen-bond acceptors (Lipinski definition) is 6. The van der Waals surface area contributed by atoms with Gasteiger partial charge in [0, 0.05) is 36.3 Å². The van der Waals surface area contributed by atoms with Gasteiger partial charge in [-0.15, -0.1) is 5.73 Å². The Kier molecular flexibility index (Phi) is 12.5. The number of allylic oxidation sites excluding steroid dienone is 13. The van der Waals surface area contributed by atoms with Gasteiger partial charge in [0.05, 0.1) is 18.3 Å². The molecule has 0 spiro atoms. The van der Waals surface area contributed by atoms with Gasteiger partial charge in [-0.05, 0) is 70.6 Å². The summed E-state index contributed by atoms with van der Waals surface area (Å²) >= 11 is 0. The summed E-state index contributed by atoms with van der Waals surface area (Å²) in [5.41, 5.74) is 5.12. The first-order valence-corrected chi connectivity index (χ1v) is 16.9. The molecule has 0 aromatic carbocycles. The highest BCUT2D eigenvalue weighted by molar-refractivity contribution is 5.66. The topological polar surface area (TPSA) is 99.5 Å². The number of ether oxygens (including phenoxy) is 2. The second kappa shape index (κ2) is 15.4. The maximum absolute atomic E-state index is 11.5. The van der Waals surface area contributed by atoms with E-state index < -0.39 is 16.8 Å². The van der Waals surface area contributed by atoms with Crippen LogP contribution in [0.2, 0.25) is 0 Å². The molecule has 0 aromatic heterocycles. The number of epoxide rings is 1. The second-order valence-corrected chi connectivity index (χ2v) is 15.4. The van der Waals surface area contributed by atoms with Crippen molar-refractivity contribution in [3.05, 3.63) is 100 Å². The van der Waals surface area contributed by atoms with Crippen LogP contribution in [0.15, 0.2) is 100 Å². The van der Waals surface area contributed by atoms with Crippen LogP contribution in [0.4, 0.5) is 0 Å². The lowest BCUT2D eigenvalue weighted by atomic mass is 9.63. The molecule has 6 heteroatoms. The summed E-state index contributed by atoms with van der Waals surface area (Å²) in [6, 6.07) is 0. The third-order valence-electron chi connectivity index (χ3n) is 9.53. The predicted octanol–water partition coefficient (Wildman–Crippen LogP) is 7.71. The number of aliphatic hydroxyl groups excluding tert-OH is 2. The van der Waals surface area contributed by atoms with Gasteiger partial charge in [0.1, 0.15) is 11.7 Å². The summed E-state index contributed by atoms with van der Waals surface area (Å²) in [5.74, 6) is 6.11. The zero-order valence-corrected chi connectivity index (χ0v) is 30.6. The normalized spacial score (nSPS) is 32.1. The van der Waals surface area contributed by atoms with E-state index in [1.807, 2.05) is 108 Å². The summed E-state index contributed by atoms with van der Waals surface area (Å²) in [6.07, 6.45) is 23.1. The molecule has 0 aromatic rings. The van der Waals surface area contributed by atoms with Crippen molar-refractivity contribution in [2.45, 2.75) is 124 Å². The van der Waals surface area contributed by atoms with E-state index in [9.17, 15) is 20.1 Å². The van der Waals surface area contributed by atoms with Gasteiger partial charge >= 0.3 is 5.97 Å². The van der Waals surface area contributed by atoms with Crippen molar-refractivity contribution in [3.63, 3.8) is 0 Å². The zero-order chi connectivity index (χ0) is 36.0. The lowest BCUT2D eigenvalue weighted by Gasteiger charge is -2.44. The largest absolute Gasteiger partial charge is 0.462 e. The number of carbonyl (C=O) groups excluding carboxylic acids is 1. The van der Waals surface area contributed by atoms with E-state index in [0.717, 1.165) is 22.3 Å². The fourth-order valence-corrected chi connectivity index (χ4v) is 7.35. The Morgan fingerprint density at radius 3 is 1.98 bits per heavy atom. The van der Waals surface area contributed by atoms with Gasteiger partial charge in [-0.2, -0.15) is 0 Å². The molecule has 2 saturated carbocycles. The molecule has 2 aliphatic carbocycles. The Morgan fingerprint density at radius 2 is 1.44 bits per heavy atom. The predicted molar refractivity (Wildman–Crippen MR) is 194 cm³/mol. The van der Waals surface area contributed by atoms with Crippen LogP contribution in [0.5, 0.6) is 0 Å². The number of fused-ring (bicyclic) bond motifs is 1. The zero-order valence-electron chi connectivity index (χ0n) is 30.6. The molecule has 260 valence electrons. The molecule has 0 amide bonds. The summed E-state index contributed by atoms with van der Waals surface area (Å²) in [4.78, 5) is 11.5. The molecular weight excluding hydrogens is 600 g/mol. The van der Waals surface area contributed by atoms with Crippen molar-refractivity contribution in [2.24, 2.45) is 10.8 Å². The van der Waals surface area contributed by atoms with Gasteiger partial charge in [0.2, 0.25) is 0 Å². The molecule has 5 unspecified atom stereocenters. The van der Waals surface area contributed by atoms with Crippen molar-refractivity contribution < 1.29 is 29.6 Å². The molecule has 1 heterocycles. The molecule has 3 aliphatic rings. The van der Waals surface area contributed by atoms with E-state index in [1.165, 1.54) is 6.92 Å². The first kappa shape index (κ1) is 39.0. The van der Waals surface area contributed by atoms with Crippen LogP contribution in [0, 0.1) is 22.7 Å². The lowest BCUT2D eigenvalue weighted by molar-refractivity contribution is -0.152. The van der Waals surface area contributed by atoms with Crippen LogP contribution in [0.25, 0.3) is 0 Å². The van der Waals surface area contributed by atoms with Crippen molar-refractivity contribution in [1.29, 1.82) is 0 Å². The van der Waals surface area contributed by atoms with Gasteiger partial charge in [0.15, 0.2) is 5.60 Å². The minimum Gasteiger partial charge on any atom is -0.462 e.